The fraction of sp³-hybridized carbons (Fsp3) is 0.455. The first-order chi connectivity index (χ1) is 7.92. The fourth-order valence-electron chi connectivity index (χ4n) is 1.19. The highest BCUT2D eigenvalue weighted by Crippen LogP contribution is 2.30. The van der Waals surface area contributed by atoms with Gasteiger partial charge in [0.25, 0.3) is 10.1 Å². The zero-order valence-electron chi connectivity index (χ0n) is 10.1. The van der Waals surface area contributed by atoms with Crippen molar-refractivity contribution in [3.8, 4) is 0 Å². The van der Waals surface area contributed by atoms with Crippen LogP contribution in [0.4, 0.5) is 13.2 Å². The molecule has 7 heteroatoms. The molecule has 0 bridgehead atoms. The van der Waals surface area contributed by atoms with Crippen LogP contribution in [0.2, 0.25) is 0 Å². The lowest BCUT2D eigenvalue weighted by molar-refractivity contribution is -0.137. The van der Waals surface area contributed by atoms with Gasteiger partial charge in [0.15, 0.2) is 0 Å². The molecule has 0 aliphatic heterocycles. The van der Waals surface area contributed by atoms with Crippen molar-refractivity contribution in [2.75, 3.05) is 0 Å². The second kappa shape index (κ2) is 4.55. The minimum absolute atomic E-state index is 0.301. The van der Waals surface area contributed by atoms with Gasteiger partial charge in [-0.25, -0.2) is 0 Å². The third kappa shape index (κ3) is 3.99. The molecular weight excluding hydrogens is 269 g/mol. The van der Waals surface area contributed by atoms with E-state index in [1.54, 1.807) is 0 Å². The maximum Gasteiger partial charge on any atom is 0.416 e. The van der Waals surface area contributed by atoms with Gasteiger partial charge in [0.2, 0.25) is 0 Å². The van der Waals surface area contributed by atoms with Gasteiger partial charge in [-0.3, -0.25) is 4.18 Å². The Morgan fingerprint density at radius 3 is 1.78 bits per heavy atom. The number of hydrogen-bond donors (Lipinski definition) is 0. The molecule has 102 valence electrons. The molecule has 0 aromatic heterocycles. The van der Waals surface area contributed by atoms with Crippen molar-refractivity contribution >= 4 is 10.1 Å². The van der Waals surface area contributed by atoms with Crippen molar-refractivity contribution in [1.29, 1.82) is 0 Å². The summed E-state index contributed by atoms with van der Waals surface area (Å²) in [6.07, 6.45) is -4.49. The highest BCUT2D eigenvalue weighted by molar-refractivity contribution is 7.86. The standard InChI is InChI=1S/C11H13F3O3S/c1-10(2,3)17-18(15,16)9-6-4-8(5-7-9)11(12,13)14/h4-7H,1-3H3. The third-order valence-corrected chi connectivity index (χ3v) is 3.40. The van der Waals surface area contributed by atoms with Gasteiger partial charge in [-0.2, -0.15) is 21.6 Å². The van der Waals surface area contributed by atoms with Crippen LogP contribution in [0.5, 0.6) is 0 Å². The molecule has 1 aromatic rings. The third-order valence-electron chi connectivity index (χ3n) is 1.83. The smallest absolute Gasteiger partial charge is 0.261 e. The van der Waals surface area contributed by atoms with Gasteiger partial charge >= 0.3 is 6.18 Å². The van der Waals surface area contributed by atoms with Crippen molar-refractivity contribution < 1.29 is 25.8 Å². The van der Waals surface area contributed by atoms with Crippen molar-refractivity contribution in [2.24, 2.45) is 0 Å². The van der Waals surface area contributed by atoms with Crippen LogP contribution in [-0.4, -0.2) is 14.0 Å². The second-order valence-electron chi connectivity index (χ2n) is 4.67. The Bertz CT molecular complexity index is 510. The minimum atomic E-state index is -4.49. The summed E-state index contributed by atoms with van der Waals surface area (Å²) >= 11 is 0. The Morgan fingerprint density at radius 1 is 1.00 bits per heavy atom. The molecule has 0 amide bonds. The lowest BCUT2D eigenvalue weighted by atomic mass is 10.2. The summed E-state index contributed by atoms with van der Waals surface area (Å²) in [5.74, 6) is 0. The van der Waals surface area contributed by atoms with E-state index in [-0.39, 0.29) is 4.90 Å². The Kier molecular flexibility index (Phi) is 3.78. The van der Waals surface area contributed by atoms with Crippen LogP contribution in [0.15, 0.2) is 29.2 Å². The molecule has 0 unspecified atom stereocenters. The Morgan fingerprint density at radius 2 is 1.44 bits per heavy atom. The molecule has 3 nitrogen and oxygen atoms in total. The molecule has 0 aliphatic carbocycles. The van der Waals surface area contributed by atoms with E-state index in [1.807, 2.05) is 0 Å². The fourth-order valence-corrected chi connectivity index (χ4v) is 2.41. The molecule has 0 aliphatic rings. The van der Waals surface area contributed by atoms with Gasteiger partial charge in [-0.1, -0.05) is 0 Å². The van der Waals surface area contributed by atoms with Crippen LogP contribution in [0.25, 0.3) is 0 Å². The molecule has 0 atom stereocenters. The number of benzene rings is 1. The van der Waals surface area contributed by atoms with Gasteiger partial charge < -0.3 is 0 Å². The Hall–Kier alpha value is -1.08. The summed E-state index contributed by atoms with van der Waals surface area (Å²) < 4.78 is 65.2. The van der Waals surface area contributed by atoms with E-state index in [0.29, 0.717) is 12.1 Å². The summed E-state index contributed by atoms with van der Waals surface area (Å²) in [5.41, 5.74) is -1.85. The van der Waals surface area contributed by atoms with Crippen LogP contribution >= 0.6 is 0 Å². The van der Waals surface area contributed by atoms with Crippen LogP contribution in [0.3, 0.4) is 0 Å². The second-order valence-corrected chi connectivity index (χ2v) is 6.22. The minimum Gasteiger partial charge on any atom is -0.261 e. The zero-order valence-corrected chi connectivity index (χ0v) is 10.9. The maximum absolute atomic E-state index is 12.3. The number of hydrogen-bond acceptors (Lipinski definition) is 3. The van der Waals surface area contributed by atoms with E-state index < -0.39 is 27.5 Å². The summed E-state index contributed by atoms with van der Waals surface area (Å²) in [7, 11) is -4.05. The van der Waals surface area contributed by atoms with E-state index in [1.165, 1.54) is 20.8 Å². The molecule has 1 aromatic carbocycles. The SMILES string of the molecule is CC(C)(C)OS(=O)(=O)c1ccc(C(F)(F)F)cc1. The van der Waals surface area contributed by atoms with Crippen molar-refractivity contribution in [1.82, 2.24) is 0 Å². The van der Waals surface area contributed by atoms with Gasteiger partial charge in [0.05, 0.1) is 16.1 Å². The summed E-state index contributed by atoms with van der Waals surface area (Å²) in [6, 6.07) is 3.17. The quantitative estimate of drug-likeness (QED) is 0.782. The lowest BCUT2D eigenvalue weighted by Crippen LogP contribution is -2.24. The summed E-state index contributed by atoms with van der Waals surface area (Å²) in [4.78, 5) is -0.301. The van der Waals surface area contributed by atoms with Crippen LogP contribution in [0, 0.1) is 0 Å². The van der Waals surface area contributed by atoms with Gasteiger partial charge in [0, 0.05) is 0 Å². The number of alkyl halides is 3. The molecule has 1 rings (SSSR count). The maximum atomic E-state index is 12.3. The molecule has 0 saturated carbocycles. The van der Waals surface area contributed by atoms with Crippen LogP contribution < -0.4 is 0 Å². The summed E-state index contributed by atoms with van der Waals surface area (Å²) in [5, 5.41) is 0. The van der Waals surface area contributed by atoms with Crippen molar-refractivity contribution in [3.63, 3.8) is 0 Å². The van der Waals surface area contributed by atoms with Crippen molar-refractivity contribution in [2.45, 2.75) is 37.4 Å². The van der Waals surface area contributed by atoms with Crippen LogP contribution in [0.1, 0.15) is 26.3 Å². The monoisotopic (exact) mass is 282 g/mol. The largest absolute Gasteiger partial charge is 0.416 e. The van der Waals surface area contributed by atoms with E-state index >= 15 is 0 Å². The van der Waals surface area contributed by atoms with Gasteiger partial charge in [-0.05, 0) is 45.0 Å². The Labute approximate surface area is 104 Å². The predicted molar refractivity (Wildman–Crippen MR) is 59.5 cm³/mol. The molecule has 0 fully saturated rings. The molecule has 18 heavy (non-hydrogen) atoms. The molecule has 0 N–H and O–H groups in total. The molecule has 0 radical (unpaired) electrons. The van der Waals surface area contributed by atoms with Crippen LogP contribution in [-0.2, 0) is 20.5 Å². The molecule has 0 heterocycles. The first kappa shape index (κ1) is 15.0. The van der Waals surface area contributed by atoms with E-state index in [2.05, 4.69) is 0 Å². The highest BCUT2D eigenvalue weighted by atomic mass is 32.2. The van der Waals surface area contributed by atoms with Gasteiger partial charge in [0.1, 0.15) is 0 Å². The van der Waals surface area contributed by atoms with E-state index in [0.717, 1.165) is 12.1 Å². The highest BCUT2D eigenvalue weighted by Gasteiger charge is 2.31. The molecular formula is C11H13F3O3S. The Balaban J connectivity index is 3.06. The normalized spacial score (nSPS) is 13.7. The average molecular weight is 282 g/mol. The predicted octanol–water partition coefficient (Wildman–Crippen LogP) is 3.21. The lowest BCUT2D eigenvalue weighted by Gasteiger charge is -2.19. The van der Waals surface area contributed by atoms with E-state index in [4.69, 9.17) is 4.18 Å². The zero-order chi connectivity index (χ0) is 14.2. The first-order valence-corrected chi connectivity index (χ1v) is 6.45. The topological polar surface area (TPSA) is 43.4 Å². The van der Waals surface area contributed by atoms with Crippen molar-refractivity contribution in [3.05, 3.63) is 29.8 Å². The average Bonchev–Trinajstić information content (AvgIpc) is 2.13. The summed E-state index contributed by atoms with van der Waals surface area (Å²) in [6.45, 7) is 4.61. The van der Waals surface area contributed by atoms with Gasteiger partial charge in [-0.15, -0.1) is 0 Å². The van der Waals surface area contributed by atoms with E-state index in [9.17, 15) is 21.6 Å². The molecule has 0 spiro atoms. The number of rotatable bonds is 2. The first-order valence-electron chi connectivity index (χ1n) is 5.05. The molecule has 0 saturated heterocycles. The number of halogens is 3.